The summed E-state index contributed by atoms with van der Waals surface area (Å²) in [7, 11) is 1.91. The molecule has 1 aliphatic rings. The minimum atomic E-state index is 0.775. The molecule has 21 heavy (non-hydrogen) atoms. The first-order chi connectivity index (χ1) is 10.3. The van der Waals surface area contributed by atoms with Gasteiger partial charge in [-0.2, -0.15) is 10.1 Å². The molecule has 1 aliphatic heterocycles. The molecule has 0 bridgehead atoms. The predicted molar refractivity (Wildman–Crippen MR) is 82.1 cm³/mol. The summed E-state index contributed by atoms with van der Waals surface area (Å²) in [4.78, 5) is 6.87. The highest BCUT2D eigenvalue weighted by molar-refractivity contribution is 5.51. The maximum absolute atomic E-state index is 4.61. The van der Waals surface area contributed by atoms with Gasteiger partial charge in [-0.05, 0) is 37.9 Å². The summed E-state index contributed by atoms with van der Waals surface area (Å²) in [6, 6.07) is 1.94. The molecular formula is C14H23N7. The van der Waals surface area contributed by atoms with Gasteiger partial charge in [-0.1, -0.05) is 6.92 Å². The van der Waals surface area contributed by atoms with Crippen LogP contribution in [0.3, 0.4) is 0 Å². The molecule has 0 atom stereocenters. The minimum absolute atomic E-state index is 0.775. The minimum Gasteiger partial charge on any atom is -0.340 e. The summed E-state index contributed by atoms with van der Waals surface area (Å²) in [5.74, 6) is 2.35. The third kappa shape index (κ3) is 3.07. The van der Waals surface area contributed by atoms with E-state index in [4.69, 9.17) is 0 Å². The van der Waals surface area contributed by atoms with E-state index in [1.165, 1.54) is 12.8 Å². The fraction of sp³-hybridized carbons (Fsp3) is 0.643. The number of aromatic amines is 1. The van der Waals surface area contributed by atoms with Crippen molar-refractivity contribution >= 4 is 5.95 Å². The zero-order valence-corrected chi connectivity index (χ0v) is 12.7. The summed E-state index contributed by atoms with van der Waals surface area (Å²) >= 11 is 0. The molecule has 0 saturated carbocycles. The van der Waals surface area contributed by atoms with E-state index in [9.17, 15) is 0 Å². The van der Waals surface area contributed by atoms with Gasteiger partial charge < -0.3 is 10.2 Å². The van der Waals surface area contributed by atoms with Crippen LogP contribution in [0.2, 0.25) is 0 Å². The first-order valence-electron chi connectivity index (χ1n) is 7.64. The molecular weight excluding hydrogens is 266 g/mol. The Labute approximate surface area is 124 Å². The highest BCUT2D eigenvalue weighted by Crippen LogP contribution is 2.22. The van der Waals surface area contributed by atoms with Crippen molar-refractivity contribution in [1.82, 2.24) is 30.3 Å². The zero-order chi connectivity index (χ0) is 14.7. The van der Waals surface area contributed by atoms with Crippen molar-refractivity contribution in [3.8, 4) is 11.5 Å². The Hall–Kier alpha value is -1.89. The number of hydrogen-bond acceptors (Lipinski definition) is 5. The van der Waals surface area contributed by atoms with Crippen molar-refractivity contribution in [3.63, 3.8) is 0 Å². The van der Waals surface area contributed by atoms with Gasteiger partial charge in [-0.3, -0.25) is 9.78 Å². The first kappa shape index (κ1) is 14.1. The fourth-order valence-electron chi connectivity index (χ4n) is 2.80. The molecule has 3 heterocycles. The molecule has 0 aliphatic carbocycles. The van der Waals surface area contributed by atoms with Crippen LogP contribution in [0, 0.1) is 5.92 Å². The summed E-state index contributed by atoms with van der Waals surface area (Å²) in [6.07, 6.45) is 4.16. The van der Waals surface area contributed by atoms with E-state index in [0.29, 0.717) is 0 Å². The van der Waals surface area contributed by atoms with E-state index in [1.54, 1.807) is 10.9 Å². The highest BCUT2D eigenvalue weighted by atomic mass is 15.4. The van der Waals surface area contributed by atoms with E-state index in [1.807, 2.05) is 13.1 Å². The molecule has 0 aromatic carbocycles. The number of anilines is 1. The third-order valence-corrected chi connectivity index (χ3v) is 4.12. The normalized spacial score (nSPS) is 16.6. The number of nitrogens with one attached hydrogen (secondary N) is 2. The summed E-state index contributed by atoms with van der Waals surface area (Å²) < 4.78 is 1.80. The number of nitrogens with zero attached hydrogens (tertiary/aromatic N) is 5. The number of H-pyrrole nitrogens is 1. The van der Waals surface area contributed by atoms with Crippen molar-refractivity contribution in [3.05, 3.63) is 12.3 Å². The quantitative estimate of drug-likeness (QED) is 0.860. The lowest BCUT2D eigenvalue weighted by Crippen LogP contribution is -2.37. The molecule has 1 saturated heterocycles. The second kappa shape index (κ2) is 6.26. The summed E-state index contributed by atoms with van der Waals surface area (Å²) in [6.45, 7) is 6.38. The Bertz CT molecular complexity index is 565. The van der Waals surface area contributed by atoms with E-state index in [0.717, 1.165) is 49.6 Å². The number of hydrogen-bond donors (Lipinski definition) is 2. The summed E-state index contributed by atoms with van der Waals surface area (Å²) in [5.41, 5.74) is 0.954. The van der Waals surface area contributed by atoms with E-state index >= 15 is 0 Å². The average molecular weight is 289 g/mol. The fourth-order valence-corrected chi connectivity index (χ4v) is 2.80. The van der Waals surface area contributed by atoms with Gasteiger partial charge >= 0.3 is 0 Å². The van der Waals surface area contributed by atoms with Crippen LogP contribution < -0.4 is 10.2 Å². The van der Waals surface area contributed by atoms with E-state index in [2.05, 4.69) is 37.4 Å². The van der Waals surface area contributed by atoms with E-state index < -0.39 is 0 Å². The molecule has 7 nitrogen and oxygen atoms in total. The second-order valence-corrected chi connectivity index (χ2v) is 5.56. The Morgan fingerprint density at radius 3 is 2.86 bits per heavy atom. The molecule has 114 valence electrons. The molecule has 0 unspecified atom stereocenters. The van der Waals surface area contributed by atoms with Crippen molar-refractivity contribution in [2.24, 2.45) is 13.0 Å². The molecule has 2 aromatic heterocycles. The zero-order valence-electron chi connectivity index (χ0n) is 12.7. The maximum Gasteiger partial charge on any atom is 0.245 e. The topological polar surface area (TPSA) is 74.7 Å². The lowest BCUT2D eigenvalue weighted by atomic mass is 9.97. The lowest BCUT2D eigenvalue weighted by Gasteiger charge is -2.31. The molecule has 0 amide bonds. The second-order valence-electron chi connectivity index (χ2n) is 5.56. The van der Waals surface area contributed by atoms with Crippen LogP contribution in [0.5, 0.6) is 0 Å². The van der Waals surface area contributed by atoms with Gasteiger partial charge in [-0.25, -0.2) is 0 Å². The van der Waals surface area contributed by atoms with Crippen LogP contribution in [0.1, 0.15) is 19.8 Å². The van der Waals surface area contributed by atoms with Crippen molar-refractivity contribution in [1.29, 1.82) is 0 Å². The predicted octanol–water partition coefficient (Wildman–Crippen LogP) is 1.03. The first-order valence-corrected chi connectivity index (χ1v) is 7.64. The Morgan fingerprint density at radius 1 is 1.38 bits per heavy atom. The Kier molecular flexibility index (Phi) is 4.19. The largest absolute Gasteiger partial charge is 0.340 e. The number of aromatic nitrogens is 5. The lowest BCUT2D eigenvalue weighted by molar-refractivity contribution is 0.384. The third-order valence-electron chi connectivity index (χ3n) is 4.12. The van der Waals surface area contributed by atoms with Crippen molar-refractivity contribution in [2.45, 2.75) is 19.8 Å². The van der Waals surface area contributed by atoms with Gasteiger partial charge in [-0.15, -0.1) is 5.10 Å². The molecule has 2 N–H and O–H groups in total. The molecule has 0 radical (unpaired) electrons. The van der Waals surface area contributed by atoms with Crippen molar-refractivity contribution < 1.29 is 0 Å². The van der Waals surface area contributed by atoms with Crippen LogP contribution >= 0.6 is 0 Å². The smallest absolute Gasteiger partial charge is 0.245 e. The monoisotopic (exact) mass is 289 g/mol. The van der Waals surface area contributed by atoms with Crippen LogP contribution in [0.25, 0.3) is 11.5 Å². The number of aryl methyl sites for hydroxylation is 1. The van der Waals surface area contributed by atoms with E-state index in [-0.39, 0.29) is 0 Å². The van der Waals surface area contributed by atoms with Gasteiger partial charge in [0, 0.05) is 26.3 Å². The molecule has 0 spiro atoms. The van der Waals surface area contributed by atoms with Gasteiger partial charge in [0.25, 0.3) is 0 Å². The standard InChI is InChI=1S/C14H23N7/c1-3-15-10-11-5-8-21(9-6-11)14-17-13(18-19-14)12-4-7-16-20(12)2/h4,7,11,15H,3,5-6,8-10H2,1-2H3,(H,17,18,19). The Morgan fingerprint density at radius 2 is 2.19 bits per heavy atom. The number of piperidine rings is 1. The highest BCUT2D eigenvalue weighted by Gasteiger charge is 2.22. The molecule has 7 heteroatoms. The molecule has 3 rings (SSSR count). The molecule has 1 fully saturated rings. The van der Waals surface area contributed by atoms with Crippen LogP contribution in [-0.2, 0) is 7.05 Å². The van der Waals surface area contributed by atoms with Crippen LogP contribution in [0.15, 0.2) is 12.3 Å². The van der Waals surface area contributed by atoms with Gasteiger partial charge in [0.15, 0.2) is 5.82 Å². The van der Waals surface area contributed by atoms with Gasteiger partial charge in [0.1, 0.15) is 5.69 Å². The molecule has 2 aromatic rings. The van der Waals surface area contributed by atoms with Crippen LogP contribution in [-0.4, -0.2) is 51.1 Å². The van der Waals surface area contributed by atoms with Gasteiger partial charge in [0.2, 0.25) is 5.95 Å². The van der Waals surface area contributed by atoms with Crippen molar-refractivity contribution in [2.75, 3.05) is 31.1 Å². The Balaban J connectivity index is 1.62. The number of rotatable bonds is 5. The average Bonchev–Trinajstić information content (AvgIpc) is 3.14. The van der Waals surface area contributed by atoms with Gasteiger partial charge in [0.05, 0.1) is 0 Å². The van der Waals surface area contributed by atoms with Crippen LogP contribution in [0.4, 0.5) is 5.95 Å². The summed E-state index contributed by atoms with van der Waals surface area (Å²) in [5, 5.41) is 15.0. The SMILES string of the molecule is CCNCC1CCN(c2n[nH]c(-c3ccnn3C)n2)CC1. The maximum atomic E-state index is 4.61.